The van der Waals surface area contributed by atoms with Gasteiger partial charge in [-0.15, -0.1) is 11.3 Å². The molecule has 1 fully saturated rings. The van der Waals surface area contributed by atoms with E-state index in [4.69, 9.17) is 0 Å². The molecule has 4 heteroatoms. The summed E-state index contributed by atoms with van der Waals surface area (Å²) in [6.45, 7) is 3.45. The van der Waals surface area contributed by atoms with E-state index in [0.29, 0.717) is 0 Å². The lowest BCUT2D eigenvalue weighted by Gasteiger charge is -2.29. The highest BCUT2D eigenvalue weighted by molar-refractivity contribution is 7.11. The van der Waals surface area contributed by atoms with Gasteiger partial charge in [0.25, 0.3) is 0 Å². The molecule has 0 aromatic carbocycles. The van der Waals surface area contributed by atoms with Crippen LogP contribution < -0.4 is 5.32 Å². The SMILES string of the molecule is CNCc1cnc(CC2CCCN(C)C2)s1. The van der Waals surface area contributed by atoms with Crippen molar-refractivity contribution in [3.05, 3.63) is 16.1 Å². The molecule has 1 aromatic heterocycles. The highest BCUT2D eigenvalue weighted by Gasteiger charge is 2.18. The van der Waals surface area contributed by atoms with Crippen LogP contribution in [-0.4, -0.2) is 37.1 Å². The lowest BCUT2D eigenvalue weighted by Crippen LogP contribution is -2.32. The normalized spacial score (nSPS) is 22.5. The highest BCUT2D eigenvalue weighted by Crippen LogP contribution is 2.22. The molecule has 16 heavy (non-hydrogen) atoms. The lowest BCUT2D eigenvalue weighted by molar-refractivity contribution is 0.209. The molecule has 1 N–H and O–H groups in total. The van der Waals surface area contributed by atoms with Crippen LogP contribution in [0, 0.1) is 5.92 Å². The topological polar surface area (TPSA) is 28.2 Å². The number of nitrogens with one attached hydrogen (secondary N) is 1. The number of hydrogen-bond donors (Lipinski definition) is 1. The fraction of sp³-hybridized carbons (Fsp3) is 0.750. The molecule has 90 valence electrons. The van der Waals surface area contributed by atoms with Crippen LogP contribution in [0.1, 0.15) is 22.7 Å². The summed E-state index contributed by atoms with van der Waals surface area (Å²) < 4.78 is 0. The molecule has 1 unspecified atom stereocenters. The van der Waals surface area contributed by atoms with Gasteiger partial charge in [0.05, 0.1) is 5.01 Å². The summed E-state index contributed by atoms with van der Waals surface area (Å²) >= 11 is 1.86. The summed E-state index contributed by atoms with van der Waals surface area (Å²) in [6.07, 6.45) is 5.89. The smallest absolute Gasteiger partial charge is 0.0931 e. The molecule has 0 spiro atoms. The van der Waals surface area contributed by atoms with E-state index >= 15 is 0 Å². The minimum atomic E-state index is 0.812. The Balaban J connectivity index is 1.87. The zero-order chi connectivity index (χ0) is 11.4. The van der Waals surface area contributed by atoms with Crippen molar-refractivity contribution in [2.75, 3.05) is 27.2 Å². The van der Waals surface area contributed by atoms with Gasteiger partial charge in [-0.2, -0.15) is 0 Å². The van der Waals surface area contributed by atoms with Crippen LogP contribution in [0.15, 0.2) is 6.20 Å². The van der Waals surface area contributed by atoms with Crippen molar-refractivity contribution in [3.63, 3.8) is 0 Å². The van der Waals surface area contributed by atoms with E-state index < -0.39 is 0 Å². The molecule has 0 aliphatic carbocycles. The summed E-state index contributed by atoms with van der Waals surface area (Å²) in [6, 6.07) is 0. The second kappa shape index (κ2) is 5.75. The zero-order valence-electron chi connectivity index (χ0n) is 10.2. The first-order valence-electron chi connectivity index (χ1n) is 6.04. The van der Waals surface area contributed by atoms with Gasteiger partial charge in [-0.25, -0.2) is 4.98 Å². The maximum atomic E-state index is 4.51. The van der Waals surface area contributed by atoms with Crippen LogP contribution >= 0.6 is 11.3 Å². The monoisotopic (exact) mass is 239 g/mol. The highest BCUT2D eigenvalue weighted by atomic mass is 32.1. The Morgan fingerprint density at radius 3 is 3.25 bits per heavy atom. The summed E-state index contributed by atoms with van der Waals surface area (Å²) in [5.41, 5.74) is 0. The number of likely N-dealkylation sites (tertiary alicyclic amines) is 1. The quantitative estimate of drug-likeness (QED) is 0.867. The molecule has 0 amide bonds. The van der Waals surface area contributed by atoms with Crippen LogP contribution in [0.2, 0.25) is 0 Å². The zero-order valence-corrected chi connectivity index (χ0v) is 11.0. The average molecular weight is 239 g/mol. The molecule has 1 atom stereocenters. The standard InChI is InChI=1S/C12H21N3S/c1-13-7-11-8-14-12(16-11)6-10-4-3-5-15(2)9-10/h8,10,13H,3-7,9H2,1-2H3. The van der Waals surface area contributed by atoms with Gasteiger partial charge in [-0.1, -0.05) is 0 Å². The summed E-state index contributed by atoms with van der Waals surface area (Å²) in [7, 11) is 4.20. The van der Waals surface area contributed by atoms with Gasteiger partial charge < -0.3 is 10.2 Å². The predicted octanol–water partition coefficient (Wildman–Crippen LogP) is 1.75. The van der Waals surface area contributed by atoms with E-state index in [1.165, 1.54) is 42.2 Å². The van der Waals surface area contributed by atoms with Crippen molar-refractivity contribution in [1.29, 1.82) is 0 Å². The summed E-state index contributed by atoms with van der Waals surface area (Å²) in [5.74, 6) is 0.812. The molecule has 2 rings (SSSR count). The van der Waals surface area contributed by atoms with Gasteiger partial charge in [0, 0.05) is 30.6 Å². The number of piperidine rings is 1. The van der Waals surface area contributed by atoms with E-state index in [1.807, 2.05) is 24.6 Å². The second-order valence-corrected chi connectivity index (χ2v) is 5.93. The second-order valence-electron chi connectivity index (χ2n) is 4.73. The van der Waals surface area contributed by atoms with Crippen LogP contribution in [0.4, 0.5) is 0 Å². The Hall–Kier alpha value is -0.450. The molecule has 1 aliphatic heterocycles. The molecular weight excluding hydrogens is 218 g/mol. The van der Waals surface area contributed by atoms with Gasteiger partial charge in [0.2, 0.25) is 0 Å². The van der Waals surface area contributed by atoms with Crippen molar-refractivity contribution < 1.29 is 0 Å². The maximum absolute atomic E-state index is 4.51. The molecular formula is C12H21N3S. The third-order valence-electron chi connectivity index (χ3n) is 3.14. The summed E-state index contributed by atoms with van der Waals surface area (Å²) in [5, 5.41) is 4.48. The van der Waals surface area contributed by atoms with E-state index in [1.54, 1.807) is 0 Å². The van der Waals surface area contributed by atoms with E-state index in [2.05, 4.69) is 22.2 Å². The largest absolute Gasteiger partial charge is 0.315 e. The van der Waals surface area contributed by atoms with Gasteiger partial charge in [0.15, 0.2) is 0 Å². The minimum Gasteiger partial charge on any atom is -0.315 e. The first kappa shape index (κ1) is 12.0. The number of aromatic nitrogens is 1. The molecule has 0 saturated carbocycles. The van der Waals surface area contributed by atoms with Gasteiger partial charge in [-0.05, 0) is 39.4 Å². The molecule has 2 heterocycles. The fourth-order valence-corrected chi connectivity index (χ4v) is 3.43. The molecule has 1 aliphatic rings. The number of rotatable bonds is 4. The number of hydrogen-bond acceptors (Lipinski definition) is 4. The molecule has 3 nitrogen and oxygen atoms in total. The van der Waals surface area contributed by atoms with E-state index in [0.717, 1.165) is 12.5 Å². The Kier molecular flexibility index (Phi) is 4.32. The minimum absolute atomic E-state index is 0.812. The van der Waals surface area contributed by atoms with E-state index in [9.17, 15) is 0 Å². The predicted molar refractivity (Wildman–Crippen MR) is 68.8 cm³/mol. The van der Waals surface area contributed by atoms with Crippen LogP contribution in [0.3, 0.4) is 0 Å². The van der Waals surface area contributed by atoms with Crippen molar-refractivity contribution in [1.82, 2.24) is 15.2 Å². The fourth-order valence-electron chi connectivity index (χ4n) is 2.39. The van der Waals surface area contributed by atoms with Crippen molar-refractivity contribution in [3.8, 4) is 0 Å². The Labute approximate surface area is 102 Å². The van der Waals surface area contributed by atoms with Crippen LogP contribution in [-0.2, 0) is 13.0 Å². The first-order chi connectivity index (χ1) is 7.78. The van der Waals surface area contributed by atoms with Crippen LogP contribution in [0.5, 0.6) is 0 Å². The van der Waals surface area contributed by atoms with Crippen molar-refractivity contribution in [2.45, 2.75) is 25.8 Å². The average Bonchev–Trinajstić information content (AvgIpc) is 2.66. The Morgan fingerprint density at radius 2 is 2.50 bits per heavy atom. The molecule has 1 saturated heterocycles. The number of thiazole rings is 1. The van der Waals surface area contributed by atoms with E-state index in [-0.39, 0.29) is 0 Å². The van der Waals surface area contributed by atoms with Gasteiger partial charge in [-0.3, -0.25) is 0 Å². The van der Waals surface area contributed by atoms with Crippen LogP contribution in [0.25, 0.3) is 0 Å². The third-order valence-corrected chi connectivity index (χ3v) is 4.16. The Bertz CT molecular complexity index is 324. The third kappa shape index (κ3) is 3.27. The molecule has 0 radical (unpaired) electrons. The lowest BCUT2D eigenvalue weighted by atomic mass is 9.95. The summed E-state index contributed by atoms with van der Waals surface area (Å²) in [4.78, 5) is 8.30. The first-order valence-corrected chi connectivity index (χ1v) is 6.86. The van der Waals surface area contributed by atoms with Crippen molar-refractivity contribution >= 4 is 11.3 Å². The van der Waals surface area contributed by atoms with Gasteiger partial charge >= 0.3 is 0 Å². The van der Waals surface area contributed by atoms with Gasteiger partial charge in [0.1, 0.15) is 0 Å². The molecule has 0 bridgehead atoms. The molecule has 1 aromatic rings. The number of nitrogens with zero attached hydrogens (tertiary/aromatic N) is 2. The Morgan fingerprint density at radius 1 is 1.62 bits per heavy atom. The maximum Gasteiger partial charge on any atom is 0.0931 e. The van der Waals surface area contributed by atoms with Crippen molar-refractivity contribution in [2.24, 2.45) is 5.92 Å².